The summed E-state index contributed by atoms with van der Waals surface area (Å²) in [6.45, 7) is 7.49. The third kappa shape index (κ3) is 5.24. The lowest BCUT2D eigenvalue weighted by Gasteiger charge is -2.32. The SMILES string of the molecule is CCC(CC)(NC(=O)OCC1c2ccccc2-c2ccccc21)C(=O)N[C@H](CC(C)C)C(=O)O. The Morgan fingerprint density at radius 3 is 1.97 bits per heavy atom. The van der Waals surface area contributed by atoms with Crippen LogP contribution in [0.15, 0.2) is 48.5 Å². The fourth-order valence-electron chi connectivity index (χ4n) is 4.62. The van der Waals surface area contributed by atoms with E-state index in [1.165, 1.54) is 0 Å². The third-order valence-electron chi connectivity index (χ3n) is 6.64. The number of carboxylic acids is 1. The molecule has 0 spiro atoms. The second kappa shape index (κ2) is 10.7. The summed E-state index contributed by atoms with van der Waals surface area (Å²) in [6.07, 6.45) is 0.202. The Bertz CT molecular complexity index is 999. The van der Waals surface area contributed by atoms with Crippen molar-refractivity contribution in [1.82, 2.24) is 10.6 Å². The number of carbonyl (C=O) groups excluding carboxylic acids is 2. The highest BCUT2D eigenvalue weighted by Gasteiger charge is 2.39. The lowest BCUT2D eigenvalue weighted by molar-refractivity contribution is -0.143. The Kier molecular flexibility index (Phi) is 7.97. The van der Waals surface area contributed by atoms with Crippen LogP contribution in [0.1, 0.15) is 64.0 Å². The number of aliphatic carboxylic acids is 1. The summed E-state index contributed by atoms with van der Waals surface area (Å²) < 4.78 is 5.62. The van der Waals surface area contributed by atoms with Gasteiger partial charge in [0.2, 0.25) is 5.91 Å². The quantitative estimate of drug-likeness (QED) is 0.471. The van der Waals surface area contributed by atoms with E-state index in [9.17, 15) is 19.5 Å². The first kappa shape index (κ1) is 25.3. The van der Waals surface area contributed by atoms with Crippen LogP contribution in [0, 0.1) is 5.92 Å². The molecular weight excluding hydrogens is 432 g/mol. The molecule has 182 valence electrons. The number of nitrogens with one attached hydrogen (secondary N) is 2. The van der Waals surface area contributed by atoms with Crippen LogP contribution >= 0.6 is 0 Å². The van der Waals surface area contributed by atoms with Crippen LogP contribution in [0.2, 0.25) is 0 Å². The van der Waals surface area contributed by atoms with Crippen LogP contribution in [0.5, 0.6) is 0 Å². The molecule has 3 N–H and O–H groups in total. The van der Waals surface area contributed by atoms with Crippen LogP contribution in [-0.2, 0) is 14.3 Å². The molecule has 0 saturated heterocycles. The van der Waals surface area contributed by atoms with Crippen LogP contribution in [0.4, 0.5) is 4.79 Å². The van der Waals surface area contributed by atoms with Gasteiger partial charge in [-0.2, -0.15) is 0 Å². The van der Waals surface area contributed by atoms with E-state index < -0.39 is 29.6 Å². The van der Waals surface area contributed by atoms with Crippen LogP contribution in [0.25, 0.3) is 11.1 Å². The van der Waals surface area contributed by atoms with Crippen molar-refractivity contribution in [3.8, 4) is 11.1 Å². The van der Waals surface area contributed by atoms with Gasteiger partial charge in [0.25, 0.3) is 0 Å². The van der Waals surface area contributed by atoms with E-state index in [0.29, 0.717) is 19.3 Å². The number of carbonyl (C=O) groups is 3. The minimum Gasteiger partial charge on any atom is -0.480 e. The van der Waals surface area contributed by atoms with Crippen molar-refractivity contribution in [2.24, 2.45) is 5.92 Å². The van der Waals surface area contributed by atoms with Gasteiger partial charge in [0.05, 0.1) is 0 Å². The summed E-state index contributed by atoms with van der Waals surface area (Å²) in [7, 11) is 0. The number of rotatable bonds is 10. The Hall–Kier alpha value is -3.35. The maximum absolute atomic E-state index is 13.1. The molecule has 7 heteroatoms. The molecule has 2 amide bonds. The number of ether oxygens (including phenoxy) is 1. The Morgan fingerprint density at radius 1 is 0.971 bits per heavy atom. The molecule has 7 nitrogen and oxygen atoms in total. The van der Waals surface area contributed by atoms with E-state index in [1.807, 2.05) is 50.2 Å². The highest BCUT2D eigenvalue weighted by molar-refractivity contribution is 5.92. The number of amides is 2. The van der Waals surface area contributed by atoms with Crippen LogP contribution in [-0.4, -0.2) is 41.3 Å². The van der Waals surface area contributed by atoms with Gasteiger partial charge in [0.15, 0.2) is 0 Å². The van der Waals surface area contributed by atoms with Gasteiger partial charge in [-0.1, -0.05) is 76.2 Å². The molecule has 2 aromatic carbocycles. The lowest BCUT2D eigenvalue weighted by Crippen LogP contribution is -2.60. The first-order valence-corrected chi connectivity index (χ1v) is 11.9. The molecule has 1 aliphatic carbocycles. The summed E-state index contributed by atoms with van der Waals surface area (Å²) >= 11 is 0. The monoisotopic (exact) mass is 466 g/mol. The third-order valence-corrected chi connectivity index (χ3v) is 6.64. The topological polar surface area (TPSA) is 105 Å². The van der Waals surface area contributed by atoms with Gasteiger partial charge in [-0.15, -0.1) is 0 Å². The van der Waals surface area contributed by atoms with Crippen molar-refractivity contribution >= 4 is 18.0 Å². The van der Waals surface area contributed by atoms with Gasteiger partial charge >= 0.3 is 12.1 Å². The zero-order valence-electron chi connectivity index (χ0n) is 20.3. The average Bonchev–Trinajstić information content (AvgIpc) is 3.14. The predicted molar refractivity (Wildman–Crippen MR) is 131 cm³/mol. The second-order valence-corrected chi connectivity index (χ2v) is 9.23. The van der Waals surface area contributed by atoms with E-state index in [2.05, 4.69) is 22.8 Å². The van der Waals surface area contributed by atoms with Gasteiger partial charge in [-0.3, -0.25) is 4.79 Å². The van der Waals surface area contributed by atoms with E-state index in [-0.39, 0.29) is 18.4 Å². The minimum atomic E-state index is -1.26. The van der Waals surface area contributed by atoms with E-state index >= 15 is 0 Å². The van der Waals surface area contributed by atoms with E-state index in [0.717, 1.165) is 22.3 Å². The number of alkyl carbamates (subject to hydrolysis) is 1. The number of fused-ring (bicyclic) bond motifs is 3. The molecule has 0 aliphatic heterocycles. The molecule has 0 fully saturated rings. The van der Waals surface area contributed by atoms with Crippen molar-refractivity contribution in [1.29, 1.82) is 0 Å². The molecule has 1 atom stereocenters. The highest BCUT2D eigenvalue weighted by atomic mass is 16.5. The summed E-state index contributed by atoms with van der Waals surface area (Å²) in [5, 5.41) is 14.8. The summed E-state index contributed by atoms with van der Waals surface area (Å²) in [6, 6.07) is 15.1. The summed E-state index contributed by atoms with van der Waals surface area (Å²) in [5.74, 6) is -1.61. The molecule has 1 aliphatic rings. The van der Waals surface area contributed by atoms with Gasteiger partial charge in [-0.25, -0.2) is 9.59 Å². The fourth-order valence-corrected chi connectivity index (χ4v) is 4.62. The fraction of sp³-hybridized carbons (Fsp3) is 0.444. The smallest absolute Gasteiger partial charge is 0.408 e. The number of hydrogen-bond acceptors (Lipinski definition) is 4. The zero-order valence-corrected chi connectivity index (χ0v) is 20.3. The Morgan fingerprint density at radius 2 is 1.50 bits per heavy atom. The van der Waals surface area contributed by atoms with Gasteiger partial charge in [0, 0.05) is 5.92 Å². The molecule has 0 unspecified atom stereocenters. The molecule has 0 aromatic heterocycles. The van der Waals surface area contributed by atoms with Crippen LogP contribution in [0.3, 0.4) is 0 Å². The highest BCUT2D eigenvalue weighted by Crippen LogP contribution is 2.44. The molecule has 0 heterocycles. The zero-order chi connectivity index (χ0) is 24.9. The van der Waals surface area contributed by atoms with Crippen molar-refractivity contribution in [2.75, 3.05) is 6.61 Å². The largest absolute Gasteiger partial charge is 0.480 e. The molecule has 34 heavy (non-hydrogen) atoms. The van der Waals surface area contributed by atoms with Gasteiger partial charge < -0.3 is 20.5 Å². The first-order chi connectivity index (χ1) is 16.2. The second-order valence-electron chi connectivity index (χ2n) is 9.23. The lowest BCUT2D eigenvalue weighted by atomic mass is 9.91. The van der Waals surface area contributed by atoms with Gasteiger partial charge in [-0.05, 0) is 47.4 Å². The predicted octanol–water partition coefficient (Wildman–Crippen LogP) is 4.70. The first-order valence-electron chi connectivity index (χ1n) is 11.9. The van der Waals surface area contributed by atoms with Gasteiger partial charge in [0.1, 0.15) is 18.2 Å². The average molecular weight is 467 g/mol. The molecule has 2 aromatic rings. The van der Waals surface area contributed by atoms with Crippen molar-refractivity contribution in [2.45, 2.75) is 64.5 Å². The summed E-state index contributed by atoms with van der Waals surface area (Å²) in [4.78, 5) is 37.6. The number of hydrogen-bond donors (Lipinski definition) is 3. The maximum Gasteiger partial charge on any atom is 0.408 e. The number of benzene rings is 2. The molecular formula is C27H34N2O5. The van der Waals surface area contributed by atoms with E-state index in [4.69, 9.17) is 4.74 Å². The van der Waals surface area contributed by atoms with Crippen molar-refractivity contribution < 1.29 is 24.2 Å². The molecule has 0 saturated carbocycles. The van der Waals surface area contributed by atoms with Crippen molar-refractivity contribution in [3.63, 3.8) is 0 Å². The van der Waals surface area contributed by atoms with E-state index in [1.54, 1.807) is 13.8 Å². The standard InChI is InChI=1S/C27H34N2O5/c1-5-27(6-2,25(32)28-23(24(30)31)15-17(3)4)29-26(33)34-16-22-20-13-9-7-11-18(20)19-12-8-10-14-21(19)22/h7-14,17,22-23H,5-6,15-16H2,1-4H3,(H,28,32)(H,29,33)(H,30,31)/t23-/m1/s1. The Balaban J connectivity index is 1.71. The summed E-state index contributed by atoms with van der Waals surface area (Å²) in [5.41, 5.74) is 3.21. The van der Waals surface area contributed by atoms with Crippen LogP contribution < -0.4 is 10.6 Å². The molecule has 3 rings (SSSR count). The minimum absolute atomic E-state index is 0.0907. The van der Waals surface area contributed by atoms with Crippen molar-refractivity contribution in [3.05, 3.63) is 59.7 Å². The number of carboxylic acid groups (broad SMARTS) is 1. The normalized spacial score (nSPS) is 13.7. The maximum atomic E-state index is 13.1. The molecule has 0 bridgehead atoms. The Labute approximate surface area is 200 Å². The molecule has 0 radical (unpaired) electrons.